The van der Waals surface area contributed by atoms with Crippen molar-refractivity contribution < 1.29 is 4.74 Å². The number of anilines is 1. The molecule has 1 aliphatic heterocycles. The second-order valence-electron chi connectivity index (χ2n) is 5.82. The Morgan fingerprint density at radius 2 is 2.08 bits per heavy atom. The van der Waals surface area contributed by atoms with Gasteiger partial charge in [-0.2, -0.15) is 5.26 Å². The molecule has 0 spiro atoms. The maximum atomic E-state index is 9.17. The number of ether oxygens (including phenoxy) is 1. The Hall–Kier alpha value is -2.49. The fraction of sp³-hybridized carbons (Fsp3) is 0.389. The van der Waals surface area contributed by atoms with Crippen molar-refractivity contribution in [1.29, 1.82) is 5.26 Å². The summed E-state index contributed by atoms with van der Waals surface area (Å²) in [4.78, 5) is 10.7. The topological polar surface area (TPSA) is 74.1 Å². The lowest BCUT2D eigenvalue weighted by Crippen LogP contribution is -2.41. The van der Waals surface area contributed by atoms with E-state index in [0.29, 0.717) is 18.1 Å². The number of aromatic nitrogens is 2. The largest absolute Gasteiger partial charge is 0.379 e. The molecular formula is C18H21N5O. The number of nitriles is 1. The van der Waals surface area contributed by atoms with E-state index in [4.69, 9.17) is 10.00 Å². The normalized spacial score (nSPS) is 16.3. The van der Waals surface area contributed by atoms with Gasteiger partial charge >= 0.3 is 0 Å². The van der Waals surface area contributed by atoms with Gasteiger partial charge < -0.3 is 10.1 Å². The molecule has 0 saturated carbocycles. The van der Waals surface area contributed by atoms with Crippen LogP contribution in [-0.2, 0) is 4.74 Å². The van der Waals surface area contributed by atoms with Gasteiger partial charge in [-0.15, -0.1) is 0 Å². The highest BCUT2D eigenvalue weighted by molar-refractivity contribution is 5.47. The first-order valence-corrected chi connectivity index (χ1v) is 8.11. The third kappa shape index (κ3) is 3.88. The minimum Gasteiger partial charge on any atom is -0.379 e. The zero-order valence-electron chi connectivity index (χ0n) is 13.8. The summed E-state index contributed by atoms with van der Waals surface area (Å²) in [5.74, 6) is 0.533. The van der Waals surface area contributed by atoms with E-state index in [1.807, 2.05) is 0 Å². The Bertz CT molecular complexity index is 721. The molecule has 0 amide bonds. The van der Waals surface area contributed by atoms with Crippen LogP contribution in [0.2, 0.25) is 0 Å². The monoisotopic (exact) mass is 323 g/mol. The van der Waals surface area contributed by atoms with Gasteiger partial charge in [0.1, 0.15) is 6.07 Å². The van der Waals surface area contributed by atoms with Gasteiger partial charge in [0.2, 0.25) is 0 Å². The predicted molar refractivity (Wildman–Crippen MR) is 91.5 cm³/mol. The minimum absolute atomic E-state index is 0.197. The summed E-state index contributed by atoms with van der Waals surface area (Å²) in [6.07, 6.45) is 3.13. The van der Waals surface area contributed by atoms with Crippen molar-refractivity contribution in [2.24, 2.45) is 0 Å². The smallest absolute Gasteiger partial charge is 0.182 e. The average molecular weight is 323 g/mol. The van der Waals surface area contributed by atoms with Gasteiger partial charge in [-0.05, 0) is 12.5 Å². The van der Waals surface area contributed by atoms with Crippen molar-refractivity contribution in [1.82, 2.24) is 14.9 Å². The molecule has 24 heavy (non-hydrogen) atoms. The molecule has 1 aromatic heterocycles. The molecule has 6 nitrogen and oxygen atoms in total. The number of hydrogen-bond acceptors (Lipinski definition) is 6. The summed E-state index contributed by atoms with van der Waals surface area (Å²) >= 11 is 0. The Labute approximate surface area is 142 Å². The highest BCUT2D eigenvalue weighted by Crippen LogP contribution is 2.23. The number of nitrogens with one attached hydrogen (secondary N) is 1. The van der Waals surface area contributed by atoms with E-state index in [1.165, 1.54) is 17.3 Å². The van der Waals surface area contributed by atoms with Crippen LogP contribution in [0.25, 0.3) is 0 Å². The van der Waals surface area contributed by atoms with Crippen LogP contribution >= 0.6 is 0 Å². The van der Waals surface area contributed by atoms with E-state index >= 15 is 0 Å². The molecule has 1 aliphatic rings. The third-order valence-electron chi connectivity index (χ3n) is 4.18. The van der Waals surface area contributed by atoms with Crippen LogP contribution in [-0.4, -0.2) is 47.7 Å². The molecule has 2 aromatic rings. The van der Waals surface area contributed by atoms with Crippen LogP contribution in [0, 0.1) is 18.3 Å². The fourth-order valence-corrected chi connectivity index (χ4v) is 2.97. The van der Waals surface area contributed by atoms with Gasteiger partial charge in [0.25, 0.3) is 0 Å². The van der Waals surface area contributed by atoms with Gasteiger partial charge in [-0.1, -0.05) is 29.8 Å². The first-order chi connectivity index (χ1) is 11.8. The quantitative estimate of drug-likeness (QED) is 0.909. The molecule has 6 heteroatoms. The molecule has 0 bridgehead atoms. The summed E-state index contributed by atoms with van der Waals surface area (Å²) < 4.78 is 5.48. The van der Waals surface area contributed by atoms with Crippen molar-refractivity contribution in [3.8, 4) is 6.07 Å². The molecule has 1 aromatic carbocycles. The number of morpholine rings is 1. The van der Waals surface area contributed by atoms with Crippen LogP contribution in [0.4, 0.5) is 5.82 Å². The molecule has 124 valence electrons. The maximum Gasteiger partial charge on any atom is 0.182 e. The van der Waals surface area contributed by atoms with Gasteiger partial charge in [0.15, 0.2) is 11.5 Å². The third-order valence-corrected chi connectivity index (χ3v) is 4.18. The number of nitrogens with zero attached hydrogens (tertiary/aromatic N) is 4. The molecule has 1 unspecified atom stereocenters. The number of hydrogen-bond donors (Lipinski definition) is 1. The molecular weight excluding hydrogens is 302 g/mol. The lowest BCUT2D eigenvalue weighted by molar-refractivity contribution is 0.0187. The van der Waals surface area contributed by atoms with Crippen LogP contribution in [0.1, 0.15) is 22.9 Å². The zero-order valence-corrected chi connectivity index (χ0v) is 13.8. The van der Waals surface area contributed by atoms with Crippen molar-refractivity contribution in [3.63, 3.8) is 0 Å². The average Bonchev–Trinajstić information content (AvgIpc) is 2.63. The number of rotatable bonds is 5. The van der Waals surface area contributed by atoms with Gasteiger partial charge in [-0.25, -0.2) is 9.97 Å². The molecule has 3 rings (SSSR count). The van der Waals surface area contributed by atoms with Crippen LogP contribution < -0.4 is 5.32 Å². The lowest BCUT2D eigenvalue weighted by atomic mass is 10.0. The van der Waals surface area contributed by atoms with Crippen LogP contribution in [0.5, 0.6) is 0 Å². The Kier molecular flexibility index (Phi) is 5.36. The van der Waals surface area contributed by atoms with Crippen molar-refractivity contribution in [2.45, 2.75) is 13.0 Å². The molecule has 0 radical (unpaired) electrons. The SMILES string of the molecule is Cc1cccc(C(CNc2nccnc2C#N)N2CCOCC2)c1. The molecule has 1 saturated heterocycles. The summed E-state index contributed by atoms with van der Waals surface area (Å²) in [5.41, 5.74) is 2.82. The lowest BCUT2D eigenvalue weighted by Gasteiger charge is -2.35. The summed E-state index contributed by atoms with van der Waals surface area (Å²) in [5, 5.41) is 12.5. The van der Waals surface area contributed by atoms with E-state index < -0.39 is 0 Å². The van der Waals surface area contributed by atoms with E-state index in [2.05, 4.69) is 57.4 Å². The number of aryl methyl sites for hydroxylation is 1. The second kappa shape index (κ2) is 7.86. The first kappa shape index (κ1) is 16.4. The van der Waals surface area contributed by atoms with Gasteiger partial charge in [0.05, 0.1) is 19.3 Å². The van der Waals surface area contributed by atoms with Gasteiger partial charge in [0, 0.05) is 32.0 Å². The highest BCUT2D eigenvalue weighted by Gasteiger charge is 2.23. The van der Waals surface area contributed by atoms with Crippen LogP contribution in [0.15, 0.2) is 36.7 Å². The Balaban J connectivity index is 1.81. The van der Waals surface area contributed by atoms with E-state index in [0.717, 1.165) is 26.3 Å². The first-order valence-electron chi connectivity index (χ1n) is 8.11. The summed E-state index contributed by atoms with van der Waals surface area (Å²) in [6.45, 7) is 6.05. The Morgan fingerprint density at radius 1 is 1.29 bits per heavy atom. The maximum absolute atomic E-state index is 9.17. The van der Waals surface area contributed by atoms with E-state index in [-0.39, 0.29) is 6.04 Å². The summed E-state index contributed by atoms with van der Waals surface area (Å²) in [6, 6.07) is 10.8. The molecule has 2 heterocycles. The standard InChI is InChI=1S/C18H21N5O/c1-14-3-2-4-15(11-14)17(23-7-9-24-10-8-23)13-22-18-16(12-19)20-5-6-21-18/h2-6,11,17H,7-10,13H2,1H3,(H,21,22). The van der Waals surface area contributed by atoms with E-state index in [1.54, 1.807) is 6.20 Å². The molecule has 1 atom stereocenters. The molecule has 0 aliphatic carbocycles. The van der Waals surface area contributed by atoms with Crippen molar-refractivity contribution in [2.75, 3.05) is 38.2 Å². The van der Waals surface area contributed by atoms with Crippen molar-refractivity contribution >= 4 is 5.82 Å². The van der Waals surface area contributed by atoms with E-state index in [9.17, 15) is 0 Å². The summed E-state index contributed by atoms with van der Waals surface area (Å²) in [7, 11) is 0. The minimum atomic E-state index is 0.197. The Morgan fingerprint density at radius 3 is 2.83 bits per heavy atom. The predicted octanol–water partition coefficient (Wildman–Crippen LogP) is 2.14. The highest BCUT2D eigenvalue weighted by atomic mass is 16.5. The van der Waals surface area contributed by atoms with Crippen LogP contribution in [0.3, 0.4) is 0 Å². The zero-order chi connectivity index (χ0) is 16.8. The second-order valence-corrected chi connectivity index (χ2v) is 5.82. The fourth-order valence-electron chi connectivity index (χ4n) is 2.97. The molecule has 1 fully saturated rings. The number of benzene rings is 1. The van der Waals surface area contributed by atoms with Crippen molar-refractivity contribution in [3.05, 3.63) is 53.5 Å². The molecule has 1 N–H and O–H groups in total. The van der Waals surface area contributed by atoms with Gasteiger partial charge in [-0.3, -0.25) is 4.90 Å².